The van der Waals surface area contributed by atoms with Gasteiger partial charge in [-0.2, -0.15) is 0 Å². The maximum atomic E-state index is 13.5. The maximum absolute atomic E-state index is 13.5. The molecule has 7 nitrogen and oxygen atoms in total. The number of nitrogens with one attached hydrogen (secondary N) is 1. The zero-order valence-electron chi connectivity index (χ0n) is 22.2. The van der Waals surface area contributed by atoms with Crippen LogP contribution in [0.15, 0.2) is 42.7 Å². The minimum absolute atomic E-state index is 0.0281. The largest absolute Gasteiger partial charge is 0.386 e. The molecule has 3 N–H and O–H groups in total. The summed E-state index contributed by atoms with van der Waals surface area (Å²) in [6.07, 6.45) is 3.12. The highest BCUT2D eigenvalue weighted by Crippen LogP contribution is 2.28. The Hall–Kier alpha value is -3.03. The number of halogens is 1. The van der Waals surface area contributed by atoms with Gasteiger partial charge in [0, 0.05) is 44.2 Å². The lowest BCUT2D eigenvalue weighted by Gasteiger charge is -2.30. The van der Waals surface area contributed by atoms with Gasteiger partial charge in [-0.15, -0.1) is 0 Å². The number of rotatable bonds is 17. The van der Waals surface area contributed by atoms with Crippen LogP contribution in [0.2, 0.25) is 0 Å². The molecule has 2 rings (SSSR count). The summed E-state index contributed by atoms with van der Waals surface area (Å²) < 4.78 is 13.2. The SMILES string of the molecule is C=C(N)NCCC[C@H](CC(=O)[C@@H]1CCCN1C(=O)[C@@H](CC(=O)CCc1ccccc1)C(C)C)C(=O)CF. The fourth-order valence-corrected chi connectivity index (χ4v) is 4.92. The summed E-state index contributed by atoms with van der Waals surface area (Å²) in [7, 11) is 0. The topological polar surface area (TPSA) is 110 Å². The third-order valence-electron chi connectivity index (χ3n) is 7.13. The van der Waals surface area contributed by atoms with E-state index in [-0.39, 0.29) is 36.2 Å². The van der Waals surface area contributed by atoms with Crippen molar-refractivity contribution in [2.45, 2.75) is 71.3 Å². The van der Waals surface area contributed by atoms with Crippen molar-refractivity contribution in [1.29, 1.82) is 0 Å². The monoisotopic (exact) mass is 515 g/mol. The molecular formula is C29H42FN3O4. The van der Waals surface area contributed by atoms with Gasteiger partial charge in [0.15, 0.2) is 11.6 Å². The molecule has 8 heteroatoms. The van der Waals surface area contributed by atoms with Crippen molar-refractivity contribution in [2.24, 2.45) is 23.5 Å². The molecular weight excluding hydrogens is 473 g/mol. The fourth-order valence-electron chi connectivity index (χ4n) is 4.92. The van der Waals surface area contributed by atoms with Crippen molar-refractivity contribution in [3.63, 3.8) is 0 Å². The number of Topliss-reactive ketones (excluding diaryl/α,β-unsaturated/α-hetero) is 3. The Bertz CT molecular complexity index is 934. The Kier molecular flexibility index (Phi) is 12.5. The second-order valence-corrected chi connectivity index (χ2v) is 10.3. The van der Waals surface area contributed by atoms with Gasteiger partial charge < -0.3 is 16.0 Å². The highest BCUT2D eigenvalue weighted by atomic mass is 19.1. The number of carbonyl (C=O) groups is 4. The third kappa shape index (κ3) is 9.74. The normalized spacial score (nSPS) is 16.9. The van der Waals surface area contributed by atoms with Gasteiger partial charge in [-0.05, 0) is 43.6 Å². The lowest BCUT2D eigenvalue weighted by Crippen LogP contribution is -2.45. The molecule has 1 fully saturated rings. The Labute approximate surface area is 220 Å². The number of amides is 1. The number of hydrogen-bond donors (Lipinski definition) is 2. The number of hydrogen-bond acceptors (Lipinski definition) is 6. The van der Waals surface area contributed by atoms with Crippen LogP contribution in [0.3, 0.4) is 0 Å². The molecule has 0 aliphatic carbocycles. The molecule has 37 heavy (non-hydrogen) atoms. The van der Waals surface area contributed by atoms with Gasteiger partial charge in [-0.25, -0.2) is 4.39 Å². The number of carbonyl (C=O) groups excluding carboxylic acids is 4. The highest BCUT2D eigenvalue weighted by Gasteiger charge is 2.39. The first-order valence-electron chi connectivity index (χ1n) is 13.3. The summed E-state index contributed by atoms with van der Waals surface area (Å²) in [6.45, 7) is 7.17. The van der Waals surface area contributed by atoms with Crippen molar-refractivity contribution < 1.29 is 23.6 Å². The molecule has 0 saturated carbocycles. The number of likely N-dealkylation sites (tertiary alicyclic amines) is 1. The van der Waals surface area contributed by atoms with Crippen LogP contribution in [0.25, 0.3) is 0 Å². The number of nitrogens with zero attached hydrogens (tertiary/aromatic N) is 1. The van der Waals surface area contributed by atoms with Crippen molar-refractivity contribution in [1.82, 2.24) is 10.2 Å². The third-order valence-corrected chi connectivity index (χ3v) is 7.13. The van der Waals surface area contributed by atoms with Gasteiger partial charge in [-0.1, -0.05) is 50.8 Å². The first-order valence-corrected chi connectivity index (χ1v) is 13.3. The van der Waals surface area contributed by atoms with E-state index in [0.717, 1.165) is 5.56 Å². The molecule has 204 valence electrons. The van der Waals surface area contributed by atoms with Crippen LogP contribution in [0.1, 0.15) is 64.4 Å². The molecule has 1 aromatic rings. The second kappa shape index (κ2) is 15.3. The van der Waals surface area contributed by atoms with Crippen LogP contribution in [-0.4, -0.2) is 54.0 Å². The summed E-state index contributed by atoms with van der Waals surface area (Å²) in [6, 6.07) is 9.12. The maximum Gasteiger partial charge on any atom is 0.226 e. The van der Waals surface area contributed by atoms with Gasteiger partial charge >= 0.3 is 0 Å². The van der Waals surface area contributed by atoms with Crippen molar-refractivity contribution in [3.8, 4) is 0 Å². The fraction of sp³-hybridized carbons (Fsp3) is 0.586. The van der Waals surface area contributed by atoms with E-state index in [1.54, 1.807) is 4.90 Å². The van der Waals surface area contributed by atoms with Crippen LogP contribution >= 0.6 is 0 Å². The summed E-state index contributed by atoms with van der Waals surface area (Å²) >= 11 is 0. The Morgan fingerprint density at radius 2 is 1.86 bits per heavy atom. The first-order chi connectivity index (χ1) is 17.6. The number of alkyl halides is 1. The summed E-state index contributed by atoms with van der Waals surface area (Å²) in [5.74, 6) is -1.96. The molecule has 1 aliphatic rings. The van der Waals surface area contributed by atoms with Crippen LogP contribution in [0, 0.1) is 17.8 Å². The molecule has 1 saturated heterocycles. The van der Waals surface area contributed by atoms with Gasteiger partial charge in [0.1, 0.15) is 12.5 Å². The lowest BCUT2D eigenvalue weighted by molar-refractivity contribution is -0.144. The van der Waals surface area contributed by atoms with Crippen LogP contribution in [-0.2, 0) is 25.6 Å². The zero-order valence-corrected chi connectivity index (χ0v) is 22.2. The van der Waals surface area contributed by atoms with E-state index < -0.39 is 30.3 Å². The molecule has 1 amide bonds. The molecule has 1 aromatic carbocycles. The summed E-state index contributed by atoms with van der Waals surface area (Å²) in [5, 5.41) is 2.86. The second-order valence-electron chi connectivity index (χ2n) is 10.3. The number of aryl methyl sites for hydroxylation is 1. The van der Waals surface area contributed by atoms with Gasteiger partial charge in [0.25, 0.3) is 0 Å². The van der Waals surface area contributed by atoms with Crippen LogP contribution in [0.4, 0.5) is 4.39 Å². The Morgan fingerprint density at radius 1 is 1.16 bits per heavy atom. The van der Waals surface area contributed by atoms with Crippen LogP contribution in [0.5, 0.6) is 0 Å². The van der Waals surface area contributed by atoms with E-state index in [0.29, 0.717) is 57.4 Å². The lowest BCUT2D eigenvalue weighted by atomic mass is 9.87. The molecule has 0 bridgehead atoms. The molecule has 0 spiro atoms. The van der Waals surface area contributed by atoms with Crippen molar-refractivity contribution in [2.75, 3.05) is 19.8 Å². The van der Waals surface area contributed by atoms with Crippen LogP contribution < -0.4 is 11.1 Å². The molecule has 1 aliphatic heterocycles. The molecule has 0 radical (unpaired) electrons. The number of nitrogens with two attached hydrogens (primary N) is 1. The van der Waals surface area contributed by atoms with E-state index >= 15 is 0 Å². The first kappa shape index (κ1) is 30.2. The van der Waals surface area contributed by atoms with E-state index in [1.807, 2.05) is 44.2 Å². The molecule has 0 aromatic heterocycles. The van der Waals surface area contributed by atoms with E-state index in [9.17, 15) is 23.6 Å². The standard InChI is InChI=1S/C29H42FN3O4/c1-20(2)25(18-24(34)14-13-22-9-5-4-6-10-22)29(37)33-16-8-12-26(33)27(35)17-23(28(36)19-30)11-7-15-32-21(3)31/h4-6,9-10,20,23,25-26,32H,3,7-8,11-19,31H2,1-2H3/t23-,25+,26+/m1/s1. The predicted molar refractivity (Wildman–Crippen MR) is 142 cm³/mol. The van der Waals surface area contributed by atoms with Gasteiger partial charge in [0.2, 0.25) is 5.91 Å². The number of benzene rings is 1. The van der Waals surface area contributed by atoms with E-state index in [2.05, 4.69) is 11.9 Å². The van der Waals surface area contributed by atoms with E-state index in [1.165, 1.54) is 0 Å². The number of ketones is 3. The average Bonchev–Trinajstić information content (AvgIpc) is 3.37. The van der Waals surface area contributed by atoms with E-state index in [4.69, 9.17) is 5.73 Å². The summed E-state index contributed by atoms with van der Waals surface area (Å²) in [4.78, 5) is 53.3. The molecule has 1 heterocycles. The Balaban J connectivity index is 2.00. The average molecular weight is 516 g/mol. The van der Waals surface area contributed by atoms with Crippen molar-refractivity contribution >= 4 is 23.3 Å². The highest BCUT2D eigenvalue weighted by molar-refractivity contribution is 5.95. The minimum Gasteiger partial charge on any atom is -0.386 e. The smallest absolute Gasteiger partial charge is 0.226 e. The van der Waals surface area contributed by atoms with Gasteiger partial charge in [-0.3, -0.25) is 19.2 Å². The predicted octanol–water partition coefficient (Wildman–Crippen LogP) is 3.76. The molecule has 0 unspecified atom stereocenters. The molecule has 3 atom stereocenters. The minimum atomic E-state index is -1.12. The Morgan fingerprint density at radius 3 is 2.49 bits per heavy atom. The van der Waals surface area contributed by atoms with Gasteiger partial charge in [0.05, 0.1) is 11.9 Å². The quantitative estimate of drug-likeness (QED) is 0.306. The zero-order chi connectivity index (χ0) is 27.4. The van der Waals surface area contributed by atoms with Crippen molar-refractivity contribution in [3.05, 3.63) is 48.3 Å². The summed E-state index contributed by atoms with van der Waals surface area (Å²) in [5.41, 5.74) is 6.55.